The second kappa shape index (κ2) is 5.09. The first-order chi connectivity index (χ1) is 9.08. The highest BCUT2D eigenvalue weighted by atomic mass is 16.3. The molecule has 0 aliphatic heterocycles. The van der Waals surface area contributed by atoms with Crippen molar-refractivity contribution in [3.05, 3.63) is 38.6 Å². The quantitative estimate of drug-likeness (QED) is 0.772. The van der Waals surface area contributed by atoms with Gasteiger partial charge in [0.1, 0.15) is 6.33 Å². The third kappa shape index (κ3) is 2.28. The van der Waals surface area contributed by atoms with Crippen LogP contribution in [-0.4, -0.2) is 29.4 Å². The SMILES string of the molecule is CCc1c(O)n(Cc2nncn2CC)c(=O)[nH]c1=O. The summed E-state index contributed by atoms with van der Waals surface area (Å²) in [5.74, 6) is 0.218. The van der Waals surface area contributed by atoms with Crippen LogP contribution in [0.1, 0.15) is 25.2 Å². The highest BCUT2D eigenvalue weighted by molar-refractivity contribution is 5.22. The van der Waals surface area contributed by atoms with E-state index in [-0.39, 0.29) is 18.0 Å². The zero-order valence-electron chi connectivity index (χ0n) is 10.8. The van der Waals surface area contributed by atoms with Gasteiger partial charge in [-0.2, -0.15) is 0 Å². The molecule has 0 saturated carbocycles. The van der Waals surface area contributed by atoms with E-state index in [1.54, 1.807) is 17.8 Å². The minimum absolute atomic E-state index is 0.0578. The van der Waals surface area contributed by atoms with Crippen molar-refractivity contribution in [2.45, 2.75) is 33.4 Å². The number of rotatable bonds is 4. The van der Waals surface area contributed by atoms with Crippen LogP contribution >= 0.6 is 0 Å². The Bertz CT molecular complexity index is 697. The largest absolute Gasteiger partial charge is 0.494 e. The van der Waals surface area contributed by atoms with Crippen LogP contribution in [0.3, 0.4) is 0 Å². The summed E-state index contributed by atoms with van der Waals surface area (Å²) in [6.07, 6.45) is 1.88. The Kier molecular flexibility index (Phi) is 3.50. The molecule has 0 spiro atoms. The van der Waals surface area contributed by atoms with Crippen molar-refractivity contribution in [1.82, 2.24) is 24.3 Å². The summed E-state index contributed by atoms with van der Waals surface area (Å²) in [5, 5.41) is 17.6. The predicted molar refractivity (Wildman–Crippen MR) is 67.2 cm³/mol. The lowest BCUT2D eigenvalue weighted by Crippen LogP contribution is -2.33. The smallest absolute Gasteiger partial charge is 0.331 e. The fourth-order valence-electron chi connectivity index (χ4n) is 1.87. The minimum atomic E-state index is -0.662. The van der Waals surface area contributed by atoms with Crippen LogP contribution in [0.4, 0.5) is 0 Å². The van der Waals surface area contributed by atoms with Gasteiger partial charge in [0.25, 0.3) is 5.56 Å². The van der Waals surface area contributed by atoms with Gasteiger partial charge in [0.05, 0.1) is 12.1 Å². The Hall–Kier alpha value is -2.38. The Morgan fingerprint density at radius 3 is 2.74 bits per heavy atom. The van der Waals surface area contributed by atoms with Crippen molar-refractivity contribution < 1.29 is 5.11 Å². The maximum Gasteiger partial charge on any atom is 0.331 e. The van der Waals surface area contributed by atoms with Crippen molar-refractivity contribution in [1.29, 1.82) is 0 Å². The molecule has 0 aliphatic carbocycles. The first kappa shape index (κ1) is 13.1. The lowest BCUT2D eigenvalue weighted by molar-refractivity contribution is 0.397. The molecule has 8 heteroatoms. The van der Waals surface area contributed by atoms with Crippen molar-refractivity contribution in [2.75, 3.05) is 0 Å². The third-order valence-corrected chi connectivity index (χ3v) is 2.95. The first-order valence-corrected chi connectivity index (χ1v) is 6.00. The number of H-pyrrole nitrogens is 1. The van der Waals surface area contributed by atoms with Crippen LogP contribution in [0.15, 0.2) is 15.9 Å². The maximum absolute atomic E-state index is 11.7. The summed E-state index contributed by atoms with van der Waals surface area (Å²) >= 11 is 0. The lowest BCUT2D eigenvalue weighted by atomic mass is 10.2. The Morgan fingerprint density at radius 1 is 1.37 bits per heavy atom. The second-order valence-corrected chi connectivity index (χ2v) is 4.03. The summed E-state index contributed by atoms with van der Waals surface area (Å²) in [6.45, 7) is 4.36. The molecular weight excluding hydrogens is 250 g/mol. The van der Waals surface area contributed by atoms with Gasteiger partial charge in [0.2, 0.25) is 5.88 Å². The van der Waals surface area contributed by atoms with E-state index in [4.69, 9.17) is 0 Å². The van der Waals surface area contributed by atoms with Gasteiger partial charge in [-0.25, -0.2) is 4.79 Å². The maximum atomic E-state index is 11.7. The van der Waals surface area contributed by atoms with Crippen LogP contribution in [0, 0.1) is 0 Å². The highest BCUT2D eigenvalue weighted by Crippen LogP contribution is 2.11. The topological polar surface area (TPSA) is 106 Å². The molecule has 0 saturated heterocycles. The molecule has 2 heterocycles. The molecular formula is C11H15N5O3. The molecule has 102 valence electrons. The van der Waals surface area contributed by atoms with Gasteiger partial charge in [-0.15, -0.1) is 10.2 Å². The molecule has 2 aromatic heterocycles. The number of nitrogens with zero attached hydrogens (tertiary/aromatic N) is 4. The number of aromatic amines is 1. The molecule has 2 N–H and O–H groups in total. The van der Waals surface area contributed by atoms with Gasteiger partial charge in [0.15, 0.2) is 5.82 Å². The standard InChI is InChI=1S/C11H15N5O3/c1-3-7-9(17)13-11(19)16(10(7)18)5-8-14-12-6-15(8)4-2/h6,18H,3-5H2,1-2H3,(H,13,17,19). The number of aryl methyl sites for hydroxylation is 1. The average Bonchev–Trinajstić information content (AvgIpc) is 2.82. The summed E-state index contributed by atoms with van der Waals surface area (Å²) in [4.78, 5) is 25.4. The van der Waals surface area contributed by atoms with E-state index in [2.05, 4.69) is 15.2 Å². The fraction of sp³-hybridized carbons (Fsp3) is 0.455. The summed E-state index contributed by atoms with van der Waals surface area (Å²) in [6, 6.07) is 0. The van der Waals surface area contributed by atoms with Gasteiger partial charge < -0.3 is 9.67 Å². The summed E-state index contributed by atoms with van der Waals surface area (Å²) in [5.41, 5.74) is -1.04. The molecule has 8 nitrogen and oxygen atoms in total. The number of hydrogen-bond acceptors (Lipinski definition) is 5. The van der Waals surface area contributed by atoms with Crippen molar-refractivity contribution in [3.8, 4) is 5.88 Å². The molecule has 0 bridgehead atoms. The summed E-state index contributed by atoms with van der Waals surface area (Å²) < 4.78 is 2.83. The average molecular weight is 265 g/mol. The Balaban J connectivity index is 2.52. The normalized spacial score (nSPS) is 10.8. The van der Waals surface area contributed by atoms with Gasteiger partial charge in [-0.1, -0.05) is 6.92 Å². The van der Waals surface area contributed by atoms with Crippen molar-refractivity contribution in [2.24, 2.45) is 0 Å². The third-order valence-electron chi connectivity index (χ3n) is 2.95. The van der Waals surface area contributed by atoms with Crippen molar-refractivity contribution in [3.63, 3.8) is 0 Å². The molecule has 0 aliphatic rings. The van der Waals surface area contributed by atoms with Gasteiger partial charge >= 0.3 is 5.69 Å². The van der Waals surface area contributed by atoms with E-state index >= 15 is 0 Å². The molecule has 2 aromatic rings. The van der Waals surface area contributed by atoms with E-state index in [1.807, 2.05) is 6.92 Å². The predicted octanol–water partition coefficient (Wildman–Crippen LogP) is -0.536. The fourth-order valence-corrected chi connectivity index (χ4v) is 1.87. The molecule has 2 rings (SSSR count). The molecule has 19 heavy (non-hydrogen) atoms. The lowest BCUT2D eigenvalue weighted by Gasteiger charge is -2.10. The molecule has 0 amide bonds. The van der Waals surface area contributed by atoms with Crippen LogP contribution in [0.2, 0.25) is 0 Å². The van der Waals surface area contributed by atoms with E-state index in [0.29, 0.717) is 18.8 Å². The number of aromatic nitrogens is 5. The van der Waals surface area contributed by atoms with Crippen LogP contribution in [0.25, 0.3) is 0 Å². The van der Waals surface area contributed by atoms with E-state index in [9.17, 15) is 14.7 Å². The molecule has 0 radical (unpaired) electrons. The van der Waals surface area contributed by atoms with Gasteiger partial charge in [-0.05, 0) is 13.3 Å². The second-order valence-electron chi connectivity index (χ2n) is 4.03. The van der Waals surface area contributed by atoms with E-state index in [0.717, 1.165) is 4.57 Å². The van der Waals surface area contributed by atoms with Crippen LogP contribution in [0.5, 0.6) is 5.88 Å². The van der Waals surface area contributed by atoms with Crippen molar-refractivity contribution >= 4 is 0 Å². The Morgan fingerprint density at radius 2 is 2.11 bits per heavy atom. The van der Waals surface area contributed by atoms with Crippen LogP contribution in [-0.2, 0) is 19.5 Å². The van der Waals surface area contributed by atoms with Gasteiger partial charge in [-0.3, -0.25) is 14.3 Å². The van der Waals surface area contributed by atoms with Gasteiger partial charge in [0, 0.05) is 6.54 Å². The number of hydrogen-bond donors (Lipinski definition) is 2. The summed E-state index contributed by atoms with van der Waals surface area (Å²) in [7, 11) is 0. The van der Waals surface area contributed by atoms with Crippen LogP contribution < -0.4 is 11.2 Å². The molecule has 0 fully saturated rings. The number of aromatic hydroxyl groups is 1. The Labute approximate surface area is 108 Å². The monoisotopic (exact) mass is 265 g/mol. The number of nitrogens with one attached hydrogen (secondary N) is 1. The van der Waals surface area contributed by atoms with E-state index in [1.165, 1.54) is 0 Å². The molecule has 0 aromatic carbocycles. The molecule has 0 unspecified atom stereocenters. The molecule has 0 atom stereocenters. The highest BCUT2D eigenvalue weighted by Gasteiger charge is 2.14. The first-order valence-electron chi connectivity index (χ1n) is 6.00. The van der Waals surface area contributed by atoms with E-state index < -0.39 is 11.2 Å². The minimum Gasteiger partial charge on any atom is -0.494 e. The zero-order valence-corrected chi connectivity index (χ0v) is 10.8. The zero-order chi connectivity index (χ0) is 14.0.